The number of nitrogens with zero attached hydrogens (tertiary/aromatic N) is 4. The molecule has 0 amide bonds. The zero-order chi connectivity index (χ0) is 17.3. The molecule has 26 heavy (non-hydrogen) atoms. The van der Waals surface area contributed by atoms with E-state index in [-0.39, 0.29) is 0 Å². The number of nitrogens with one attached hydrogen (secondary N) is 1. The summed E-state index contributed by atoms with van der Waals surface area (Å²) in [5, 5.41) is 9.93. The maximum Gasteiger partial charge on any atom is 0.113 e. The van der Waals surface area contributed by atoms with E-state index < -0.39 is 0 Å². The predicted molar refractivity (Wildman–Crippen MR) is 102 cm³/mol. The number of H-pyrrole nitrogens is 1. The van der Waals surface area contributed by atoms with Crippen molar-refractivity contribution in [2.45, 2.75) is 6.54 Å². The fourth-order valence-corrected chi connectivity index (χ4v) is 3.67. The van der Waals surface area contributed by atoms with E-state index in [1.165, 1.54) is 16.5 Å². The molecule has 5 rings (SSSR count). The van der Waals surface area contributed by atoms with Gasteiger partial charge in [-0.1, -0.05) is 29.5 Å². The van der Waals surface area contributed by atoms with Crippen molar-refractivity contribution >= 4 is 21.9 Å². The van der Waals surface area contributed by atoms with E-state index in [0.717, 1.165) is 55.9 Å². The van der Waals surface area contributed by atoms with Crippen molar-refractivity contribution in [3.63, 3.8) is 0 Å². The first-order valence-corrected chi connectivity index (χ1v) is 9.08. The first-order valence-electron chi connectivity index (χ1n) is 9.08. The van der Waals surface area contributed by atoms with Gasteiger partial charge in [0, 0.05) is 42.3 Å². The molecule has 2 aromatic heterocycles. The minimum absolute atomic E-state index is 0.822. The maximum absolute atomic E-state index is 5.42. The SMILES string of the molecule is c1ccc2c(-c3ccc4nnn(CCN5CCOCC5)c4c3)c[nH]c2c1. The topological polar surface area (TPSA) is 59.0 Å². The highest BCUT2D eigenvalue weighted by Crippen LogP contribution is 2.30. The highest BCUT2D eigenvalue weighted by molar-refractivity contribution is 5.97. The van der Waals surface area contributed by atoms with Crippen LogP contribution in [0.2, 0.25) is 0 Å². The van der Waals surface area contributed by atoms with Crippen LogP contribution < -0.4 is 0 Å². The summed E-state index contributed by atoms with van der Waals surface area (Å²) in [7, 11) is 0. The van der Waals surface area contributed by atoms with Crippen LogP contribution >= 0.6 is 0 Å². The molecule has 6 heteroatoms. The summed E-state index contributed by atoms with van der Waals surface area (Å²) in [5.41, 5.74) is 5.58. The molecule has 0 radical (unpaired) electrons. The number of ether oxygens (including phenoxy) is 1. The minimum Gasteiger partial charge on any atom is -0.379 e. The van der Waals surface area contributed by atoms with Gasteiger partial charge in [-0.2, -0.15) is 0 Å². The number of fused-ring (bicyclic) bond motifs is 2. The van der Waals surface area contributed by atoms with Gasteiger partial charge >= 0.3 is 0 Å². The second-order valence-electron chi connectivity index (χ2n) is 6.72. The first-order chi connectivity index (χ1) is 12.9. The third kappa shape index (κ3) is 2.77. The van der Waals surface area contributed by atoms with Crippen molar-refractivity contribution in [3.8, 4) is 11.1 Å². The van der Waals surface area contributed by atoms with E-state index in [0.29, 0.717) is 0 Å². The molecule has 0 bridgehead atoms. The zero-order valence-electron chi connectivity index (χ0n) is 14.6. The number of rotatable bonds is 4. The van der Waals surface area contributed by atoms with Gasteiger partial charge in [0.05, 0.1) is 25.3 Å². The molecule has 1 aliphatic rings. The molecule has 1 N–H and O–H groups in total. The molecule has 2 aromatic carbocycles. The molecule has 0 spiro atoms. The van der Waals surface area contributed by atoms with Gasteiger partial charge in [0.25, 0.3) is 0 Å². The Morgan fingerprint density at radius 2 is 1.92 bits per heavy atom. The normalized spacial score (nSPS) is 15.8. The lowest BCUT2D eigenvalue weighted by molar-refractivity contribution is 0.0360. The monoisotopic (exact) mass is 347 g/mol. The molecular formula is C20H21N5O. The largest absolute Gasteiger partial charge is 0.379 e. The van der Waals surface area contributed by atoms with Gasteiger partial charge in [0.15, 0.2) is 0 Å². The van der Waals surface area contributed by atoms with Crippen molar-refractivity contribution in [3.05, 3.63) is 48.7 Å². The van der Waals surface area contributed by atoms with E-state index in [1.54, 1.807) is 0 Å². The molecule has 132 valence electrons. The Balaban J connectivity index is 1.46. The Hall–Kier alpha value is -2.70. The van der Waals surface area contributed by atoms with Crippen molar-refractivity contribution < 1.29 is 4.74 Å². The van der Waals surface area contributed by atoms with Gasteiger partial charge in [-0.3, -0.25) is 4.90 Å². The molecule has 6 nitrogen and oxygen atoms in total. The summed E-state index contributed by atoms with van der Waals surface area (Å²) in [6.07, 6.45) is 2.08. The summed E-state index contributed by atoms with van der Waals surface area (Å²) in [6, 6.07) is 14.8. The average molecular weight is 347 g/mol. The van der Waals surface area contributed by atoms with Crippen molar-refractivity contribution in [2.24, 2.45) is 0 Å². The number of aromatic amines is 1. The quantitative estimate of drug-likeness (QED) is 0.617. The first kappa shape index (κ1) is 15.5. The van der Waals surface area contributed by atoms with Gasteiger partial charge in [0.2, 0.25) is 0 Å². The number of aromatic nitrogens is 4. The van der Waals surface area contributed by atoms with Crippen LogP contribution in [0.15, 0.2) is 48.7 Å². The summed E-state index contributed by atoms with van der Waals surface area (Å²) in [4.78, 5) is 5.77. The zero-order valence-corrected chi connectivity index (χ0v) is 14.6. The van der Waals surface area contributed by atoms with E-state index in [9.17, 15) is 0 Å². The Bertz CT molecular complexity index is 1040. The molecule has 1 fully saturated rings. The van der Waals surface area contributed by atoms with E-state index >= 15 is 0 Å². The number of hydrogen-bond donors (Lipinski definition) is 1. The van der Waals surface area contributed by atoms with Gasteiger partial charge in [-0.25, -0.2) is 4.68 Å². The van der Waals surface area contributed by atoms with E-state index in [4.69, 9.17) is 4.74 Å². The molecule has 1 saturated heterocycles. The third-order valence-corrected chi connectivity index (χ3v) is 5.15. The number of benzene rings is 2. The fourth-order valence-electron chi connectivity index (χ4n) is 3.67. The molecule has 0 saturated carbocycles. The molecule has 0 aliphatic carbocycles. The van der Waals surface area contributed by atoms with Gasteiger partial charge in [-0.05, 0) is 23.8 Å². The lowest BCUT2D eigenvalue weighted by atomic mass is 10.0. The summed E-state index contributed by atoms with van der Waals surface area (Å²) < 4.78 is 7.44. The van der Waals surface area contributed by atoms with Crippen molar-refractivity contribution in [1.82, 2.24) is 24.9 Å². The Morgan fingerprint density at radius 3 is 2.85 bits per heavy atom. The highest BCUT2D eigenvalue weighted by atomic mass is 16.5. The second-order valence-corrected chi connectivity index (χ2v) is 6.72. The van der Waals surface area contributed by atoms with Crippen LogP contribution in [0.5, 0.6) is 0 Å². The van der Waals surface area contributed by atoms with Crippen LogP contribution in [0.25, 0.3) is 33.1 Å². The fraction of sp³-hybridized carbons (Fsp3) is 0.300. The van der Waals surface area contributed by atoms with Crippen molar-refractivity contribution in [1.29, 1.82) is 0 Å². The molecule has 1 aliphatic heterocycles. The maximum atomic E-state index is 5.42. The summed E-state index contributed by atoms with van der Waals surface area (Å²) in [6.45, 7) is 5.44. The van der Waals surface area contributed by atoms with Gasteiger partial charge < -0.3 is 9.72 Å². The van der Waals surface area contributed by atoms with Crippen LogP contribution in [0, 0.1) is 0 Å². The Labute approximate surface area is 151 Å². The average Bonchev–Trinajstić information content (AvgIpc) is 3.31. The highest BCUT2D eigenvalue weighted by Gasteiger charge is 2.13. The standard InChI is InChI=1S/C20H21N5O/c1-2-4-18-16(3-1)17(14-21-18)15-5-6-19-20(13-15)25(23-22-19)8-7-24-9-11-26-12-10-24/h1-6,13-14,21H,7-12H2. The number of morpholine rings is 1. The smallest absolute Gasteiger partial charge is 0.113 e. The predicted octanol–water partition coefficient (Wildman–Crippen LogP) is 2.91. The Kier molecular flexibility index (Phi) is 3.92. The molecule has 0 unspecified atom stereocenters. The van der Waals surface area contributed by atoms with Crippen LogP contribution in [0.4, 0.5) is 0 Å². The molecule has 0 atom stereocenters. The van der Waals surface area contributed by atoms with Gasteiger partial charge in [0.1, 0.15) is 5.52 Å². The second kappa shape index (κ2) is 6.55. The lowest BCUT2D eigenvalue weighted by Crippen LogP contribution is -2.38. The molecule has 3 heterocycles. The van der Waals surface area contributed by atoms with E-state index in [1.807, 2.05) is 4.68 Å². The summed E-state index contributed by atoms with van der Waals surface area (Å²) in [5.74, 6) is 0. The van der Waals surface area contributed by atoms with Crippen LogP contribution in [-0.2, 0) is 11.3 Å². The number of para-hydroxylation sites is 1. The van der Waals surface area contributed by atoms with Crippen LogP contribution in [0.3, 0.4) is 0 Å². The van der Waals surface area contributed by atoms with Gasteiger partial charge in [-0.15, -0.1) is 5.10 Å². The van der Waals surface area contributed by atoms with E-state index in [2.05, 4.69) is 68.9 Å². The third-order valence-electron chi connectivity index (χ3n) is 5.15. The minimum atomic E-state index is 0.822. The van der Waals surface area contributed by atoms with Crippen LogP contribution in [0.1, 0.15) is 0 Å². The molecule has 4 aromatic rings. The lowest BCUT2D eigenvalue weighted by Gasteiger charge is -2.26. The summed E-state index contributed by atoms with van der Waals surface area (Å²) >= 11 is 0. The van der Waals surface area contributed by atoms with Crippen LogP contribution in [-0.4, -0.2) is 57.7 Å². The van der Waals surface area contributed by atoms with Crippen molar-refractivity contribution in [2.75, 3.05) is 32.8 Å². The number of hydrogen-bond acceptors (Lipinski definition) is 4. The Morgan fingerprint density at radius 1 is 1.04 bits per heavy atom. The molecular weight excluding hydrogens is 326 g/mol.